The average molecular weight is 219 g/mol. The Morgan fingerprint density at radius 3 is 3.00 bits per heavy atom. The molecule has 1 heterocycles. The van der Waals surface area contributed by atoms with E-state index in [2.05, 4.69) is 20.9 Å². The van der Waals surface area contributed by atoms with Crippen molar-refractivity contribution in [3.63, 3.8) is 0 Å². The molecule has 0 fully saturated rings. The maximum Gasteiger partial charge on any atom is 0.177 e. The Morgan fingerprint density at radius 1 is 1.73 bits per heavy atom. The summed E-state index contributed by atoms with van der Waals surface area (Å²) in [6.07, 6.45) is 2.45. The van der Waals surface area contributed by atoms with Crippen LogP contribution in [0.25, 0.3) is 0 Å². The van der Waals surface area contributed by atoms with Crippen molar-refractivity contribution in [2.45, 2.75) is 19.9 Å². The van der Waals surface area contributed by atoms with E-state index in [9.17, 15) is 0 Å². The van der Waals surface area contributed by atoms with E-state index in [0.717, 1.165) is 17.0 Å². The molecule has 0 saturated heterocycles. The van der Waals surface area contributed by atoms with Gasteiger partial charge in [0.1, 0.15) is 0 Å². The predicted octanol–water partition coefficient (Wildman–Crippen LogP) is 1.20. The Morgan fingerprint density at radius 2 is 2.45 bits per heavy atom. The first kappa shape index (κ1) is 8.74. The molecule has 0 radical (unpaired) electrons. The van der Waals surface area contributed by atoms with Crippen LogP contribution in [0.2, 0.25) is 0 Å². The first-order valence-electron chi connectivity index (χ1n) is 3.60. The van der Waals surface area contributed by atoms with Crippen LogP contribution in [0.3, 0.4) is 0 Å². The van der Waals surface area contributed by atoms with Crippen molar-refractivity contribution in [1.82, 2.24) is 9.55 Å². The van der Waals surface area contributed by atoms with E-state index >= 15 is 0 Å². The number of aliphatic hydroxyl groups is 1. The molecule has 0 spiro atoms. The third-order valence-corrected chi connectivity index (χ3v) is 2.21. The van der Waals surface area contributed by atoms with Gasteiger partial charge in [-0.2, -0.15) is 0 Å². The van der Waals surface area contributed by atoms with Crippen molar-refractivity contribution in [2.24, 2.45) is 0 Å². The molecular formula is C7H11BrN2O. The maximum atomic E-state index is 8.69. The molecule has 62 valence electrons. The van der Waals surface area contributed by atoms with Gasteiger partial charge in [0.2, 0.25) is 0 Å². The van der Waals surface area contributed by atoms with Gasteiger partial charge in [0.05, 0.1) is 0 Å². The van der Waals surface area contributed by atoms with Gasteiger partial charge >= 0.3 is 0 Å². The summed E-state index contributed by atoms with van der Waals surface area (Å²) in [5.41, 5.74) is 1.07. The second kappa shape index (κ2) is 3.88. The molecule has 0 aliphatic heterocycles. The molecule has 3 nitrogen and oxygen atoms in total. The highest BCUT2D eigenvalue weighted by atomic mass is 79.9. The minimum absolute atomic E-state index is 0.179. The highest BCUT2D eigenvalue weighted by Gasteiger charge is 2.03. The van der Waals surface area contributed by atoms with E-state index in [0.29, 0.717) is 6.42 Å². The molecular weight excluding hydrogens is 208 g/mol. The Bertz CT molecular complexity index is 234. The van der Waals surface area contributed by atoms with E-state index in [1.807, 2.05) is 11.5 Å². The number of imidazole rings is 1. The van der Waals surface area contributed by atoms with Crippen molar-refractivity contribution in [3.8, 4) is 0 Å². The Balaban J connectivity index is 2.86. The quantitative estimate of drug-likeness (QED) is 0.829. The van der Waals surface area contributed by atoms with Crippen molar-refractivity contribution < 1.29 is 5.11 Å². The molecule has 0 atom stereocenters. The summed E-state index contributed by atoms with van der Waals surface area (Å²) in [5.74, 6) is 0. The van der Waals surface area contributed by atoms with Crippen molar-refractivity contribution in [3.05, 3.63) is 16.6 Å². The van der Waals surface area contributed by atoms with Crippen LogP contribution in [0.1, 0.15) is 12.6 Å². The highest BCUT2D eigenvalue weighted by molar-refractivity contribution is 9.10. The Labute approximate surface area is 74.2 Å². The second-order valence-corrected chi connectivity index (χ2v) is 2.95. The van der Waals surface area contributed by atoms with Crippen LogP contribution >= 0.6 is 15.9 Å². The summed E-state index contributed by atoms with van der Waals surface area (Å²) >= 11 is 3.32. The molecule has 0 aromatic carbocycles. The third-order valence-electron chi connectivity index (χ3n) is 1.57. The second-order valence-electron chi connectivity index (χ2n) is 2.24. The Kier molecular flexibility index (Phi) is 3.08. The van der Waals surface area contributed by atoms with Crippen LogP contribution in [0.5, 0.6) is 0 Å². The van der Waals surface area contributed by atoms with E-state index in [-0.39, 0.29) is 6.61 Å². The topological polar surface area (TPSA) is 38.0 Å². The summed E-state index contributed by atoms with van der Waals surface area (Å²) in [7, 11) is 0. The molecule has 0 bridgehead atoms. The summed E-state index contributed by atoms with van der Waals surface area (Å²) in [5, 5.41) is 8.69. The van der Waals surface area contributed by atoms with Crippen LogP contribution < -0.4 is 0 Å². The fourth-order valence-electron chi connectivity index (χ4n) is 1.03. The van der Waals surface area contributed by atoms with Crippen LogP contribution in [0.4, 0.5) is 0 Å². The average Bonchev–Trinajstić information content (AvgIpc) is 2.33. The molecule has 1 aromatic heterocycles. The number of halogens is 1. The van der Waals surface area contributed by atoms with E-state index < -0.39 is 0 Å². The fourth-order valence-corrected chi connectivity index (χ4v) is 1.61. The third kappa shape index (κ3) is 1.81. The lowest BCUT2D eigenvalue weighted by atomic mass is 10.3. The first-order chi connectivity index (χ1) is 5.29. The number of rotatable bonds is 3. The molecule has 11 heavy (non-hydrogen) atoms. The molecule has 0 saturated carbocycles. The summed E-state index contributed by atoms with van der Waals surface area (Å²) in [4.78, 5) is 4.07. The number of nitrogens with zero attached hydrogens (tertiary/aromatic N) is 2. The number of hydrogen-bond acceptors (Lipinski definition) is 2. The van der Waals surface area contributed by atoms with Gasteiger partial charge in [-0.25, -0.2) is 4.98 Å². The van der Waals surface area contributed by atoms with Crippen molar-refractivity contribution >= 4 is 15.9 Å². The molecule has 1 N–H and O–H groups in total. The van der Waals surface area contributed by atoms with Gasteiger partial charge in [-0.1, -0.05) is 0 Å². The SMILES string of the molecule is CCn1c(CCO)cnc1Br. The van der Waals surface area contributed by atoms with Crippen LogP contribution in [0, 0.1) is 0 Å². The zero-order valence-corrected chi connectivity index (χ0v) is 8.00. The monoisotopic (exact) mass is 218 g/mol. The zero-order valence-electron chi connectivity index (χ0n) is 6.42. The van der Waals surface area contributed by atoms with Crippen LogP contribution in [-0.2, 0) is 13.0 Å². The normalized spacial score (nSPS) is 10.5. The van der Waals surface area contributed by atoms with E-state index in [1.165, 1.54) is 0 Å². The molecule has 0 aliphatic carbocycles. The summed E-state index contributed by atoms with van der Waals surface area (Å²) < 4.78 is 2.86. The fraction of sp³-hybridized carbons (Fsp3) is 0.571. The van der Waals surface area contributed by atoms with Gasteiger partial charge < -0.3 is 9.67 Å². The minimum Gasteiger partial charge on any atom is -0.396 e. The van der Waals surface area contributed by atoms with Crippen molar-refractivity contribution in [2.75, 3.05) is 6.61 Å². The standard InChI is InChI=1S/C7H11BrN2O/c1-2-10-6(3-4-11)5-9-7(10)8/h5,11H,2-4H2,1H3. The van der Waals surface area contributed by atoms with E-state index in [1.54, 1.807) is 6.20 Å². The Hall–Kier alpha value is -0.350. The number of hydrogen-bond donors (Lipinski definition) is 1. The van der Waals surface area contributed by atoms with E-state index in [4.69, 9.17) is 5.11 Å². The van der Waals surface area contributed by atoms with Gasteiger partial charge in [0, 0.05) is 31.5 Å². The lowest BCUT2D eigenvalue weighted by molar-refractivity contribution is 0.296. The van der Waals surface area contributed by atoms with Gasteiger partial charge in [-0.05, 0) is 22.9 Å². The number of aliphatic hydroxyl groups excluding tert-OH is 1. The van der Waals surface area contributed by atoms with Crippen molar-refractivity contribution in [1.29, 1.82) is 0 Å². The zero-order chi connectivity index (χ0) is 8.27. The summed E-state index contributed by atoms with van der Waals surface area (Å²) in [6, 6.07) is 0. The van der Waals surface area contributed by atoms with Crippen LogP contribution in [0.15, 0.2) is 10.9 Å². The summed E-state index contributed by atoms with van der Waals surface area (Å²) in [6.45, 7) is 3.11. The molecule has 4 heteroatoms. The predicted molar refractivity (Wildman–Crippen MR) is 46.4 cm³/mol. The smallest absolute Gasteiger partial charge is 0.177 e. The number of aromatic nitrogens is 2. The van der Waals surface area contributed by atoms with Gasteiger partial charge in [0.25, 0.3) is 0 Å². The van der Waals surface area contributed by atoms with Gasteiger partial charge in [-0.15, -0.1) is 0 Å². The maximum absolute atomic E-state index is 8.69. The van der Waals surface area contributed by atoms with Crippen LogP contribution in [-0.4, -0.2) is 21.3 Å². The van der Waals surface area contributed by atoms with Gasteiger partial charge in [-0.3, -0.25) is 0 Å². The molecule has 0 aliphatic rings. The molecule has 0 unspecified atom stereocenters. The molecule has 1 rings (SSSR count). The largest absolute Gasteiger partial charge is 0.396 e. The highest BCUT2D eigenvalue weighted by Crippen LogP contribution is 2.11. The minimum atomic E-state index is 0.179. The van der Waals surface area contributed by atoms with Gasteiger partial charge in [0.15, 0.2) is 4.73 Å². The first-order valence-corrected chi connectivity index (χ1v) is 4.39. The molecule has 1 aromatic rings. The lowest BCUT2D eigenvalue weighted by Gasteiger charge is -2.03. The lowest BCUT2D eigenvalue weighted by Crippen LogP contribution is -2.02. The molecule has 0 amide bonds.